The summed E-state index contributed by atoms with van der Waals surface area (Å²) in [5.41, 5.74) is 2.07. The van der Waals surface area contributed by atoms with Crippen molar-refractivity contribution in [1.82, 2.24) is 39.2 Å². The second kappa shape index (κ2) is 15.2. The summed E-state index contributed by atoms with van der Waals surface area (Å²) in [5, 5.41) is 14.2. The first-order valence-electron chi connectivity index (χ1n) is 15.8. The van der Waals surface area contributed by atoms with E-state index in [0.717, 1.165) is 20.9 Å². The van der Waals surface area contributed by atoms with Crippen molar-refractivity contribution in [3.63, 3.8) is 0 Å². The molecule has 55 heavy (non-hydrogen) atoms. The van der Waals surface area contributed by atoms with Crippen LogP contribution in [0.25, 0.3) is 33.8 Å². The summed E-state index contributed by atoms with van der Waals surface area (Å²) in [6.07, 6.45) is -12.7. The number of aromatic nitrogens is 8. The third-order valence-corrected chi connectivity index (χ3v) is 7.22. The first-order valence-corrected chi connectivity index (χ1v) is 15.8. The largest absolute Gasteiger partial charge is 0.573 e. The van der Waals surface area contributed by atoms with Crippen molar-refractivity contribution in [1.29, 1.82) is 0 Å². The van der Waals surface area contributed by atoms with Gasteiger partial charge in [-0.3, -0.25) is 18.8 Å². The van der Waals surface area contributed by atoms with Crippen molar-refractivity contribution < 1.29 is 62.9 Å². The molecule has 22 heteroatoms. The molecule has 0 atom stereocenters. The van der Waals surface area contributed by atoms with E-state index < -0.39 is 48.4 Å². The van der Waals surface area contributed by atoms with Crippen LogP contribution < -0.4 is 9.47 Å². The van der Waals surface area contributed by atoms with E-state index in [1.807, 2.05) is 0 Å². The van der Waals surface area contributed by atoms with Gasteiger partial charge in [-0.1, -0.05) is 0 Å². The first-order chi connectivity index (χ1) is 25.6. The smallest absolute Gasteiger partial charge is 0.406 e. The van der Waals surface area contributed by atoms with E-state index in [9.17, 15) is 43.9 Å². The molecule has 4 aromatic heterocycles. The average molecular weight is 791 g/mol. The van der Waals surface area contributed by atoms with Crippen LogP contribution in [0.4, 0.5) is 43.9 Å². The number of hydrogen-bond donors (Lipinski definition) is 0. The van der Waals surface area contributed by atoms with E-state index in [1.54, 1.807) is 6.92 Å². The van der Waals surface area contributed by atoms with Crippen LogP contribution in [-0.2, 0) is 21.7 Å². The molecule has 0 fully saturated rings. The van der Waals surface area contributed by atoms with E-state index in [0.29, 0.717) is 16.7 Å². The summed E-state index contributed by atoms with van der Waals surface area (Å²) in [7, 11) is 0. The zero-order valence-electron chi connectivity index (χ0n) is 29.0. The molecule has 6 rings (SSSR count). The minimum absolute atomic E-state index is 0.0699. The first kappa shape index (κ1) is 40.5. The van der Waals surface area contributed by atoms with E-state index in [4.69, 9.17) is 0 Å². The second-order valence-electron chi connectivity index (χ2n) is 11.7. The maximum atomic E-state index is 14.3. The third kappa shape index (κ3) is 9.73. The van der Waals surface area contributed by atoms with Crippen molar-refractivity contribution >= 4 is 11.3 Å². The second-order valence-corrected chi connectivity index (χ2v) is 11.7. The van der Waals surface area contributed by atoms with Gasteiger partial charge < -0.3 is 18.9 Å². The zero-order chi connectivity index (χ0) is 40.5. The van der Waals surface area contributed by atoms with Crippen LogP contribution in [-0.4, -0.2) is 64.6 Å². The monoisotopic (exact) mass is 790 g/mol. The van der Waals surface area contributed by atoms with Crippen LogP contribution in [0.2, 0.25) is 0 Å². The fourth-order valence-electron chi connectivity index (χ4n) is 5.05. The van der Waals surface area contributed by atoms with Crippen LogP contribution in [0.15, 0.2) is 61.2 Å². The van der Waals surface area contributed by atoms with Crippen molar-refractivity contribution in [3.8, 4) is 34.0 Å². The lowest BCUT2D eigenvalue weighted by atomic mass is 10.1. The lowest BCUT2D eigenvalue weighted by molar-refractivity contribution is -0.275. The van der Waals surface area contributed by atoms with E-state index in [-0.39, 0.29) is 40.6 Å². The predicted octanol–water partition coefficient (Wildman–Crippen LogP) is 8.56. The number of hydrogen-bond acceptors (Lipinski definition) is 10. The molecule has 0 radical (unpaired) electrons. The summed E-state index contributed by atoms with van der Waals surface area (Å²) in [6.45, 7) is 7.07. The van der Waals surface area contributed by atoms with Crippen LogP contribution >= 0.6 is 0 Å². The van der Waals surface area contributed by atoms with Gasteiger partial charge in [-0.05, 0) is 82.1 Å². The molecule has 0 saturated heterocycles. The van der Waals surface area contributed by atoms with E-state index >= 15 is 0 Å². The Bertz CT molecular complexity index is 2290. The lowest BCUT2D eigenvalue weighted by Gasteiger charge is -2.17. The fourth-order valence-corrected chi connectivity index (χ4v) is 5.05. The van der Waals surface area contributed by atoms with Gasteiger partial charge in [-0.2, -0.15) is 17.6 Å². The van der Waals surface area contributed by atoms with Gasteiger partial charge in [0.25, 0.3) is 0 Å². The minimum atomic E-state index is -4.81. The maximum Gasteiger partial charge on any atom is 0.573 e. The Labute approximate surface area is 303 Å². The minimum Gasteiger partial charge on any atom is -0.406 e. The van der Waals surface area contributed by atoms with Crippen molar-refractivity contribution in [3.05, 3.63) is 84.0 Å². The molecule has 294 valence electrons. The Morgan fingerprint density at radius 3 is 1.75 bits per heavy atom. The fraction of sp³-hybridized carbons (Fsp3) is 0.333. The topological polar surface area (TPSA) is 123 Å². The summed E-state index contributed by atoms with van der Waals surface area (Å²) in [4.78, 5) is 8.22. The molecule has 0 amide bonds. The number of aryl methyl sites for hydroxylation is 2. The van der Waals surface area contributed by atoms with Crippen molar-refractivity contribution in [2.45, 2.75) is 65.7 Å². The molecule has 0 spiro atoms. The molecule has 6 aromatic rings. The van der Waals surface area contributed by atoms with Crippen LogP contribution in [0.1, 0.15) is 43.5 Å². The van der Waals surface area contributed by atoms with Gasteiger partial charge in [0.1, 0.15) is 11.5 Å². The highest BCUT2D eigenvalue weighted by atomic mass is 19.4. The molecule has 0 saturated carbocycles. The molecule has 0 bridgehead atoms. The van der Waals surface area contributed by atoms with Crippen molar-refractivity contribution in [2.75, 3.05) is 6.61 Å². The standard InChI is InChI=1S/C17H15F5N4O2.C16H13F5N4O2/c1-9(2)27-16(18,19)15-25-24-14-7-23-13(8-26(14)15)12-5-4-11(6-10(12)3)28-17(20,21)22;1-3-26-15(17,18)14-24-23-13-7-22-11(8-25(13)14)10-4-5-12(9(2)6-10)27-16(19,20)21/h4-9H,1-3H3;4-8H,3H2,1-2H3. The summed E-state index contributed by atoms with van der Waals surface area (Å²) < 4.78 is 150. The highest BCUT2D eigenvalue weighted by Gasteiger charge is 2.40. The van der Waals surface area contributed by atoms with Crippen LogP contribution in [0.3, 0.4) is 0 Å². The van der Waals surface area contributed by atoms with Gasteiger partial charge in [-0.25, -0.2) is 0 Å². The van der Waals surface area contributed by atoms with E-state index in [2.05, 4.69) is 49.3 Å². The maximum absolute atomic E-state index is 14.3. The van der Waals surface area contributed by atoms with Gasteiger partial charge in [0.05, 0.1) is 36.5 Å². The zero-order valence-corrected chi connectivity index (χ0v) is 29.0. The lowest BCUT2D eigenvalue weighted by Crippen LogP contribution is -2.25. The van der Waals surface area contributed by atoms with Crippen LogP contribution in [0.5, 0.6) is 11.5 Å². The molecule has 12 nitrogen and oxygen atoms in total. The Morgan fingerprint density at radius 1 is 0.655 bits per heavy atom. The Balaban J connectivity index is 0.000000211. The number of halogens is 10. The number of rotatable bonds is 10. The van der Waals surface area contributed by atoms with Gasteiger partial charge in [-0.15, -0.1) is 46.7 Å². The molecular weight excluding hydrogens is 762 g/mol. The Morgan fingerprint density at radius 2 is 1.22 bits per heavy atom. The normalized spacial score (nSPS) is 12.7. The van der Waals surface area contributed by atoms with Gasteiger partial charge in [0.15, 0.2) is 11.3 Å². The van der Waals surface area contributed by atoms with E-state index in [1.165, 1.54) is 76.7 Å². The highest BCUT2D eigenvalue weighted by Crippen LogP contribution is 2.34. The summed E-state index contributed by atoms with van der Waals surface area (Å²) >= 11 is 0. The van der Waals surface area contributed by atoms with Gasteiger partial charge >= 0.3 is 24.9 Å². The summed E-state index contributed by atoms with van der Waals surface area (Å²) in [6, 6.07) is 7.53. The Kier molecular flexibility index (Phi) is 11.2. The molecule has 0 aliphatic rings. The molecule has 4 heterocycles. The predicted molar refractivity (Wildman–Crippen MR) is 171 cm³/mol. The highest BCUT2D eigenvalue weighted by molar-refractivity contribution is 5.65. The molecular formula is C33H28F10N8O4. The number of fused-ring (bicyclic) bond motifs is 2. The number of nitrogens with zero attached hydrogens (tertiary/aromatic N) is 8. The third-order valence-electron chi connectivity index (χ3n) is 7.22. The molecule has 0 N–H and O–H groups in total. The quantitative estimate of drug-likeness (QED) is 0.125. The van der Waals surface area contributed by atoms with Gasteiger partial charge in [0.2, 0.25) is 11.6 Å². The number of ether oxygens (including phenoxy) is 4. The molecule has 0 aliphatic carbocycles. The molecule has 0 aliphatic heterocycles. The number of alkyl halides is 10. The number of benzene rings is 2. The SMILES string of the molecule is CCOC(F)(F)c1nnc2cnc(-c3ccc(OC(F)(F)F)c(C)c3)cn12.Cc1cc(OC(F)(F)F)ccc1-c1cn2c(C(F)(F)OC(C)C)nnc2cn1. The Hall–Kier alpha value is -5.64. The van der Waals surface area contributed by atoms with Crippen molar-refractivity contribution in [2.24, 2.45) is 0 Å². The molecule has 2 aromatic carbocycles. The average Bonchev–Trinajstić information content (AvgIpc) is 3.69. The van der Waals surface area contributed by atoms with Gasteiger partial charge in [0, 0.05) is 23.5 Å². The van der Waals surface area contributed by atoms with Crippen LogP contribution in [0, 0.1) is 13.8 Å². The summed E-state index contributed by atoms with van der Waals surface area (Å²) in [5.74, 6) is -2.21. The molecule has 0 unspecified atom stereocenters.